The number of nitrogens with one attached hydrogen (secondary N) is 1. The van der Waals surface area contributed by atoms with Crippen molar-refractivity contribution in [2.24, 2.45) is 5.41 Å². The minimum atomic E-state index is -1.20. The van der Waals surface area contributed by atoms with Gasteiger partial charge >= 0.3 is 6.01 Å². The summed E-state index contributed by atoms with van der Waals surface area (Å²) in [6.07, 6.45) is 5.45. The molecule has 5 fully saturated rings. The molecule has 0 amide bonds. The molecule has 12 heteroatoms. The number of benzene rings is 3. The quantitative estimate of drug-likeness (QED) is 0.288. The third-order valence-corrected chi connectivity index (χ3v) is 10.8. The van der Waals surface area contributed by atoms with Gasteiger partial charge < -0.3 is 24.8 Å². The Morgan fingerprint density at radius 2 is 1.87 bits per heavy atom. The van der Waals surface area contributed by atoms with Crippen molar-refractivity contribution in [1.29, 1.82) is 5.26 Å². The summed E-state index contributed by atoms with van der Waals surface area (Å²) >= 11 is 0. The van der Waals surface area contributed by atoms with Gasteiger partial charge in [0.1, 0.15) is 17.1 Å². The van der Waals surface area contributed by atoms with Crippen molar-refractivity contribution in [3.05, 3.63) is 53.3 Å². The number of anilines is 1. The monoisotopic (exact) mass is 642 g/mol. The molecule has 1 aromatic heterocycles. The number of hydrogen-bond donors (Lipinski definition) is 2. The average Bonchev–Trinajstić information content (AvgIpc) is 3.32. The first kappa shape index (κ1) is 29.0. The van der Waals surface area contributed by atoms with E-state index in [-0.39, 0.29) is 62.2 Å². The molecule has 5 heterocycles. The first-order valence-electron chi connectivity index (χ1n) is 16.3. The van der Waals surface area contributed by atoms with Gasteiger partial charge in [-0.15, -0.1) is 0 Å². The van der Waals surface area contributed by atoms with Crippen LogP contribution in [0.4, 0.5) is 19.0 Å². The molecule has 4 aromatic rings. The van der Waals surface area contributed by atoms with Gasteiger partial charge in [-0.1, -0.05) is 6.07 Å². The number of hydrogen-bond acceptors (Lipinski definition) is 9. The van der Waals surface area contributed by atoms with Crippen molar-refractivity contribution >= 4 is 27.5 Å². The Bertz CT molecular complexity index is 1990. The lowest BCUT2D eigenvalue weighted by Gasteiger charge is -2.34. The van der Waals surface area contributed by atoms with Crippen LogP contribution in [0, 0.1) is 34.2 Å². The van der Waals surface area contributed by atoms with E-state index in [4.69, 9.17) is 14.5 Å². The number of fused-ring (bicyclic) bond motifs is 6. The molecule has 4 atom stereocenters. The highest BCUT2D eigenvalue weighted by Gasteiger charge is 2.49. The van der Waals surface area contributed by atoms with Crippen LogP contribution in [0.2, 0.25) is 0 Å². The fourth-order valence-electron chi connectivity index (χ4n) is 8.24. The SMILES string of the molecule is N#Cc1cc2c(N3CC4CCC(C3)N4)nc(OCC3(CN4C[C@H]5C[C@@H]4CO5)CC3)nc2c(F)c1-c1cc(O)cc2ccc(F)c(F)c12. The van der Waals surface area contributed by atoms with E-state index in [1.807, 2.05) is 6.07 Å². The second-order valence-electron chi connectivity index (χ2n) is 14.0. The predicted octanol–water partition coefficient (Wildman–Crippen LogP) is 5.02. The zero-order chi connectivity index (χ0) is 32.0. The smallest absolute Gasteiger partial charge is 0.319 e. The molecule has 242 valence electrons. The number of likely N-dealkylation sites (tertiary alicyclic amines) is 1. The third kappa shape index (κ3) is 4.86. The number of rotatable bonds is 7. The number of phenolic OH excluding ortho intramolecular Hbond substituents is 1. The number of nitrogens with zero attached hydrogens (tertiary/aromatic N) is 5. The molecule has 4 saturated heterocycles. The second kappa shape index (κ2) is 10.7. The summed E-state index contributed by atoms with van der Waals surface area (Å²) in [6.45, 7) is 4.28. The Balaban J connectivity index is 1.16. The van der Waals surface area contributed by atoms with Crippen molar-refractivity contribution in [2.45, 2.75) is 56.3 Å². The highest BCUT2D eigenvalue weighted by Crippen LogP contribution is 2.48. The maximum Gasteiger partial charge on any atom is 0.319 e. The first-order chi connectivity index (χ1) is 22.8. The van der Waals surface area contributed by atoms with E-state index in [0.717, 1.165) is 63.9 Å². The van der Waals surface area contributed by atoms with Gasteiger partial charge in [0.25, 0.3) is 0 Å². The minimum absolute atomic E-state index is 0.0310. The number of nitriles is 1. The molecule has 0 radical (unpaired) electrons. The predicted molar refractivity (Wildman–Crippen MR) is 168 cm³/mol. The van der Waals surface area contributed by atoms with Crippen molar-refractivity contribution < 1.29 is 27.8 Å². The third-order valence-electron chi connectivity index (χ3n) is 10.8. The fourth-order valence-corrected chi connectivity index (χ4v) is 8.24. The maximum atomic E-state index is 17.0. The van der Waals surface area contributed by atoms with Crippen molar-refractivity contribution in [1.82, 2.24) is 20.2 Å². The van der Waals surface area contributed by atoms with Crippen LogP contribution in [0.5, 0.6) is 11.8 Å². The summed E-state index contributed by atoms with van der Waals surface area (Å²) in [6, 6.07) is 9.22. The van der Waals surface area contributed by atoms with Crippen LogP contribution in [-0.4, -0.2) is 83.6 Å². The highest BCUT2D eigenvalue weighted by molar-refractivity contribution is 6.03. The molecule has 5 aliphatic rings. The van der Waals surface area contributed by atoms with Crippen LogP contribution in [0.15, 0.2) is 30.3 Å². The fraction of sp³-hybridized carbons (Fsp3) is 0.457. The van der Waals surface area contributed by atoms with Crippen LogP contribution in [0.3, 0.4) is 0 Å². The summed E-state index contributed by atoms with van der Waals surface area (Å²) in [5.74, 6) is -3.02. The maximum absolute atomic E-state index is 17.0. The zero-order valence-electron chi connectivity index (χ0n) is 25.6. The molecular weight excluding hydrogens is 609 g/mol. The van der Waals surface area contributed by atoms with E-state index in [9.17, 15) is 14.8 Å². The van der Waals surface area contributed by atoms with E-state index in [2.05, 4.69) is 20.1 Å². The van der Waals surface area contributed by atoms with E-state index in [1.54, 1.807) is 0 Å². The normalized spacial score (nSPS) is 26.0. The number of halogens is 3. The Labute approximate surface area is 268 Å². The number of aromatic nitrogens is 2. The number of phenols is 1. The molecular formula is C35H33F3N6O3. The topological polar surface area (TPSA) is 107 Å². The summed E-state index contributed by atoms with van der Waals surface area (Å²) in [4.78, 5) is 14.0. The number of aromatic hydroxyl groups is 1. The summed E-state index contributed by atoms with van der Waals surface area (Å²) < 4.78 is 58.8. The van der Waals surface area contributed by atoms with Gasteiger partial charge in [-0.3, -0.25) is 4.90 Å². The van der Waals surface area contributed by atoms with Crippen molar-refractivity contribution in [2.75, 3.05) is 44.3 Å². The van der Waals surface area contributed by atoms with Gasteiger partial charge in [-0.2, -0.15) is 15.2 Å². The van der Waals surface area contributed by atoms with Crippen molar-refractivity contribution in [3.8, 4) is 29.0 Å². The number of morpholine rings is 1. The average molecular weight is 643 g/mol. The van der Waals surface area contributed by atoms with E-state index in [0.29, 0.717) is 43.0 Å². The molecule has 2 N–H and O–H groups in total. The van der Waals surface area contributed by atoms with Gasteiger partial charge in [0.05, 0.1) is 31.0 Å². The lowest BCUT2D eigenvalue weighted by molar-refractivity contribution is 0.0176. The Hall–Kier alpha value is -4.18. The number of ether oxygens (including phenoxy) is 2. The largest absolute Gasteiger partial charge is 0.508 e. The molecule has 0 spiro atoms. The molecule has 2 unspecified atom stereocenters. The van der Waals surface area contributed by atoms with Crippen LogP contribution in [0.1, 0.15) is 37.7 Å². The van der Waals surface area contributed by atoms with Crippen LogP contribution in [0.25, 0.3) is 32.8 Å². The molecule has 4 bridgehead atoms. The molecule has 1 saturated carbocycles. The molecule has 3 aromatic carbocycles. The zero-order valence-corrected chi connectivity index (χ0v) is 25.6. The summed E-state index contributed by atoms with van der Waals surface area (Å²) in [5.41, 5.74) is -0.642. The first-order valence-corrected chi connectivity index (χ1v) is 16.3. The minimum Gasteiger partial charge on any atom is -0.508 e. The molecule has 47 heavy (non-hydrogen) atoms. The highest BCUT2D eigenvalue weighted by atomic mass is 19.2. The number of piperazine rings is 1. The van der Waals surface area contributed by atoms with E-state index < -0.39 is 17.5 Å². The molecule has 9 nitrogen and oxygen atoms in total. The van der Waals surface area contributed by atoms with Gasteiger partial charge in [0, 0.05) is 71.6 Å². The lowest BCUT2D eigenvalue weighted by Crippen LogP contribution is -2.51. The van der Waals surface area contributed by atoms with Crippen LogP contribution < -0.4 is 15.0 Å². The lowest BCUT2D eigenvalue weighted by atomic mass is 9.92. The van der Waals surface area contributed by atoms with Gasteiger partial charge in [-0.05, 0) is 61.8 Å². The van der Waals surface area contributed by atoms with Crippen molar-refractivity contribution in [3.63, 3.8) is 0 Å². The second-order valence-corrected chi connectivity index (χ2v) is 14.0. The van der Waals surface area contributed by atoms with Gasteiger partial charge in [-0.25, -0.2) is 13.2 Å². The Kier molecular flexibility index (Phi) is 6.58. The van der Waals surface area contributed by atoms with E-state index >= 15 is 8.78 Å². The standard InChI is InChI=1S/C35H33F3N6O3/c36-27-4-1-18-7-23(45)10-25(28(18)30(27)37)29-19(11-39)8-26-32(31(29)38)41-34(42-33(26)43-12-20-2-3-21(13-43)40-20)47-17-35(5-6-35)16-44-14-24-9-22(44)15-46-24/h1,4,7-8,10,20-22,24,40,45H,2-3,5-6,9,12-17H2/t20?,21?,22-,24-/m1/s1. The van der Waals surface area contributed by atoms with Crippen LogP contribution >= 0.6 is 0 Å². The summed E-state index contributed by atoms with van der Waals surface area (Å²) in [7, 11) is 0. The Morgan fingerprint density at radius 1 is 1.06 bits per heavy atom. The molecule has 9 rings (SSSR count). The van der Waals surface area contributed by atoms with Gasteiger partial charge in [0.2, 0.25) is 0 Å². The Morgan fingerprint density at radius 3 is 2.57 bits per heavy atom. The van der Waals surface area contributed by atoms with E-state index in [1.165, 1.54) is 18.2 Å². The van der Waals surface area contributed by atoms with Gasteiger partial charge in [0.15, 0.2) is 17.5 Å². The summed E-state index contributed by atoms with van der Waals surface area (Å²) in [5, 5.41) is 24.6. The van der Waals surface area contributed by atoms with Crippen LogP contribution in [-0.2, 0) is 4.74 Å². The molecule has 1 aliphatic carbocycles. The molecule has 4 aliphatic heterocycles.